The van der Waals surface area contributed by atoms with Crippen molar-refractivity contribution >= 4 is 29.4 Å². The minimum atomic E-state index is -0.463. The summed E-state index contributed by atoms with van der Waals surface area (Å²) < 4.78 is 0. The van der Waals surface area contributed by atoms with Gasteiger partial charge >= 0.3 is 5.97 Å². The second kappa shape index (κ2) is 3.67. The number of nitrogens with zero attached hydrogens (tertiary/aromatic N) is 1. The van der Waals surface area contributed by atoms with E-state index in [0.717, 1.165) is 5.69 Å². The van der Waals surface area contributed by atoms with Crippen LogP contribution < -0.4 is 0 Å². The number of halogens is 1. The van der Waals surface area contributed by atoms with E-state index in [1.165, 1.54) is 0 Å². The number of carbonyl (C=O) groups excluding carboxylic acids is 1. The monoisotopic (exact) mass is 210 g/mol. The lowest BCUT2D eigenvalue weighted by Gasteiger charge is -1.92. The van der Waals surface area contributed by atoms with Gasteiger partial charge in [0.1, 0.15) is 5.71 Å². The third-order valence-corrected chi connectivity index (χ3v) is 2.07. The minimum Gasteiger partial charge on any atom is -0.362 e. The Labute approximate surface area is 85.2 Å². The summed E-state index contributed by atoms with van der Waals surface area (Å²) >= 11 is 5.59. The maximum atomic E-state index is 11.2. The van der Waals surface area contributed by atoms with Crippen LogP contribution in [0.4, 0.5) is 0 Å². The second-order valence-electron chi connectivity index (χ2n) is 2.73. The van der Waals surface area contributed by atoms with Crippen LogP contribution in [-0.2, 0) is 9.63 Å². The van der Waals surface area contributed by atoms with Gasteiger partial charge in [0.15, 0.2) is 0 Å². The van der Waals surface area contributed by atoms with E-state index >= 15 is 0 Å². The smallest absolute Gasteiger partial charge is 0.362 e. The molecular weight excluding hydrogens is 204 g/mol. The fourth-order valence-corrected chi connectivity index (χ4v) is 1.33. The molecule has 0 amide bonds. The van der Waals surface area contributed by atoms with E-state index in [-0.39, 0.29) is 5.88 Å². The van der Waals surface area contributed by atoms with Crippen LogP contribution in [0.2, 0.25) is 0 Å². The molecule has 0 saturated heterocycles. The summed E-state index contributed by atoms with van der Waals surface area (Å²) in [4.78, 5) is 18.6. The summed E-state index contributed by atoms with van der Waals surface area (Å²) in [5.41, 5.74) is 1.69. The molecule has 72 valence electrons. The van der Waals surface area contributed by atoms with Crippen molar-refractivity contribution in [2.45, 2.75) is 0 Å². The Bertz CT molecular complexity index is 406. The first-order chi connectivity index (χ1) is 6.81. The predicted molar refractivity (Wildman–Crippen MR) is 53.0 cm³/mol. The van der Waals surface area contributed by atoms with Gasteiger partial charge in [-0.05, 0) is 18.2 Å². The first-order valence-corrected chi connectivity index (χ1v) is 4.54. The fourth-order valence-electron chi connectivity index (χ4n) is 1.14. The first-order valence-electron chi connectivity index (χ1n) is 4.01. The summed E-state index contributed by atoms with van der Waals surface area (Å²) in [5, 5.41) is 3.55. The molecule has 0 aliphatic carbocycles. The molecule has 1 aliphatic heterocycles. The van der Waals surface area contributed by atoms with Gasteiger partial charge in [0.2, 0.25) is 0 Å². The van der Waals surface area contributed by atoms with Gasteiger partial charge < -0.3 is 9.82 Å². The largest absolute Gasteiger partial charge is 0.367 e. The van der Waals surface area contributed by atoms with Crippen LogP contribution in [-0.4, -0.2) is 22.5 Å². The molecule has 5 heteroatoms. The first kappa shape index (κ1) is 9.02. The van der Waals surface area contributed by atoms with Gasteiger partial charge in [0.05, 0.1) is 11.5 Å². The van der Waals surface area contributed by atoms with Crippen LogP contribution in [0.3, 0.4) is 0 Å². The molecule has 14 heavy (non-hydrogen) atoms. The molecule has 0 radical (unpaired) electrons. The van der Waals surface area contributed by atoms with Crippen molar-refractivity contribution in [1.82, 2.24) is 4.98 Å². The maximum absolute atomic E-state index is 11.2. The van der Waals surface area contributed by atoms with Crippen molar-refractivity contribution in [3.8, 4) is 0 Å². The lowest BCUT2D eigenvalue weighted by molar-refractivity contribution is -0.136. The Hall–Kier alpha value is -1.55. The summed E-state index contributed by atoms with van der Waals surface area (Å²) in [6.07, 6.45) is 3.43. The lowest BCUT2D eigenvalue weighted by Crippen LogP contribution is -2.06. The number of hydrogen-bond donors (Lipinski definition) is 1. The molecule has 0 aromatic carbocycles. The Morgan fingerprint density at radius 2 is 2.50 bits per heavy atom. The molecule has 0 saturated carbocycles. The van der Waals surface area contributed by atoms with Crippen LogP contribution in [0.5, 0.6) is 0 Å². The Morgan fingerprint density at radius 3 is 3.14 bits per heavy atom. The number of nitrogens with one attached hydrogen (secondary N) is 1. The van der Waals surface area contributed by atoms with Gasteiger partial charge in [-0.15, -0.1) is 11.6 Å². The summed E-state index contributed by atoms with van der Waals surface area (Å²) in [7, 11) is 0. The molecule has 1 aromatic heterocycles. The van der Waals surface area contributed by atoms with Crippen molar-refractivity contribution in [3.63, 3.8) is 0 Å². The summed E-state index contributed by atoms with van der Waals surface area (Å²) in [6, 6.07) is 3.68. The highest BCUT2D eigenvalue weighted by Gasteiger charge is 2.24. The number of carbonyl (C=O) groups is 1. The molecule has 1 aromatic rings. The zero-order valence-electron chi connectivity index (χ0n) is 7.16. The van der Waals surface area contributed by atoms with Crippen molar-refractivity contribution in [2.75, 3.05) is 5.88 Å². The number of H-pyrrole nitrogens is 1. The molecule has 2 rings (SSSR count). The number of hydrogen-bond acceptors (Lipinski definition) is 3. The zero-order valence-corrected chi connectivity index (χ0v) is 7.91. The average Bonchev–Trinajstić information content (AvgIpc) is 2.79. The van der Waals surface area contributed by atoms with E-state index in [9.17, 15) is 4.79 Å². The summed E-state index contributed by atoms with van der Waals surface area (Å²) in [6.45, 7) is 0. The van der Waals surface area contributed by atoms with E-state index in [0.29, 0.717) is 11.3 Å². The fraction of sp³-hybridized carbons (Fsp3) is 0.111. The van der Waals surface area contributed by atoms with Crippen molar-refractivity contribution in [1.29, 1.82) is 0 Å². The molecule has 1 aliphatic rings. The van der Waals surface area contributed by atoms with Crippen LogP contribution in [0.15, 0.2) is 29.1 Å². The highest BCUT2D eigenvalue weighted by Crippen LogP contribution is 2.15. The number of aromatic nitrogens is 1. The van der Waals surface area contributed by atoms with Gasteiger partial charge in [0.25, 0.3) is 0 Å². The zero-order chi connectivity index (χ0) is 9.97. The van der Waals surface area contributed by atoms with E-state index in [1.807, 2.05) is 12.1 Å². The van der Waals surface area contributed by atoms with Gasteiger partial charge in [-0.2, -0.15) is 0 Å². The predicted octanol–water partition coefficient (Wildman–Crippen LogP) is 1.55. The second-order valence-corrected chi connectivity index (χ2v) is 3.00. The molecule has 0 atom stereocenters. The minimum absolute atomic E-state index is 0.165. The molecule has 4 nitrogen and oxygen atoms in total. The van der Waals surface area contributed by atoms with Crippen LogP contribution in [0.1, 0.15) is 5.69 Å². The number of alkyl halides is 1. The van der Waals surface area contributed by atoms with E-state index in [4.69, 9.17) is 11.6 Å². The van der Waals surface area contributed by atoms with E-state index in [2.05, 4.69) is 15.0 Å². The highest BCUT2D eigenvalue weighted by molar-refractivity contribution is 6.38. The molecular formula is C9H7ClN2O2. The Morgan fingerprint density at radius 1 is 1.64 bits per heavy atom. The molecule has 1 N–H and O–H groups in total. The van der Waals surface area contributed by atoms with Gasteiger partial charge in [0, 0.05) is 11.9 Å². The number of oxime groups is 1. The average molecular weight is 211 g/mol. The van der Waals surface area contributed by atoms with Crippen molar-refractivity contribution < 1.29 is 9.63 Å². The SMILES string of the molecule is O=C1ON=C(CCl)C1=Cc1ccc[nH]1. The van der Waals surface area contributed by atoms with Crippen molar-refractivity contribution in [3.05, 3.63) is 29.6 Å². The standard InChI is InChI=1S/C9H7ClN2O2/c10-5-8-7(9(13)14-12-8)4-6-2-1-3-11-6/h1-4,11H,5H2. The van der Waals surface area contributed by atoms with Gasteiger partial charge in [-0.25, -0.2) is 4.79 Å². The quantitative estimate of drug-likeness (QED) is 0.458. The Kier molecular flexibility index (Phi) is 2.37. The number of rotatable bonds is 2. The Balaban J connectivity index is 2.33. The topological polar surface area (TPSA) is 54.4 Å². The molecule has 2 heterocycles. The third kappa shape index (κ3) is 1.56. The molecule has 0 spiro atoms. The maximum Gasteiger partial charge on any atom is 0.367 e. The van der Waals surface area contributed by atoms with E-state index in [1.54, 1.807) is 12.3 Å². The summed E-state index contributed by atoms with van der Waals surface area (Å²) in [5.74, 6) is -0.298. The third-order valence-electron chi connectivity index (χ3n) is 1.82. The molecule has 0 unspecified atom stereocenters. The number of aromatic amines is 1. The van der Waals surface area contributed by atoms with Crippen LogP contribution in [0.25, 0.3) is 6.08 Å². The molecule has 0 fully saturated rings. The van der Waals surface area contributed by atoms with Gasteiger partial charge in [-0.3, -0.25) is 0 Å². The normalized spacial score (nSPS) is 18.5. The molecule has 0 bridgehead atoms. The van der Waals surface area contributed by atoms with Crippen molar-refractivity contribution in [2.24, 2.45) is 5.16 Å². The highest BCUT2D eigenvalue weighted by atomic mass is 35.5. The van der Waals surface area contributed by atoms with Crippen LogP contribution in [0, 0.1) is 0 Å². The van der Waals surface area contributed by atoms with E-state index < -0.39 is 5.97 Å². The lowest BCUT2D eigenvalue weighted by atomic mass is 10.1. The van der Waals surface area contributed by atoms with Gasteiger partial charge in [-0.1, -0.05) is 5.16 Å². The van der Waals surface area contributed by atoms with Crippen LogP contribution >= 0.6 is 11.6 Å².